The Labute approximate surface area is 110 Å². The highest BCUT2D eigenvalue weighted by Crippen LogP contribution is 2.21. The van der Waals surface area contributed by atoms with Crippen molar-refractivity contribution in [1.29, 1.82) is 0 Å². The molecule has 19 heavy (non-hydrogen) atoms. The van der Waals surface area contributed by atoms with E-state index in [0.717, 1.165) is 5.56 Å². The van der Waals surface area contributed by atoms with E-state index in [4.69, 9.17) is 4.74 Å². The van der Waals surface area contributed by atoms with Crippen LogP contribution in [-0.4, -0.2) is 17.0 Å². The van der Waals surface area contributed by atoms with E-state index in [1.807, 2.05) is 6.07 Å². The maximum atomic E-state index is 10.5. The largest absolute Gasteiger partial charge is 0.493 e. The summed E-state index contributed by atoms with van der Waals surface area (Å²) in [7, 11) is 1.58. The molecule has 1 N–H and O–H groups in total. The minimum atomic E-state index is -0.418. The van der Waals surface area contributed by atoms with Gasteiger partial charge in [-0.2, -0.15) is 0 Å². The smallest absolute Gasteiger partial charge is 0.269 e. The van der Waals surface area contributed by atoms with Crippen LogP contribution in [-0.2, 0) is 6.54 Å². The van der Waals surface area contributed by atoms with Crippen molar-refractivity contribution < 1.29 is 9.66 Å². The number of anilines is 1. The number of nitro benzene ring substituents is 1. The molecule has 1 heterocycles. The van der Waals surface area contributed by atoms with E-state index >= 15 is 0 Å². The number of pyridine rings is 1. The fraction of sp³-hybridized carbons (Fsp3) is 0.154. The van der Waals surface area contributed by atoms with Crippen molar-refractivity contribution in [2.75, 3.05) is 12.4 Å². The SMILES string of the molecule is COc1cccnc1NCc1ccc([N+](=O)[O-])cc1. The summed E-state index contributed by atoms with van der Waals surface area (Å²) in [4.78, 5) is 14.3. The van der Waals surface area contributed by atoms with Gasteiger partial charge in [-0.25, -0.2) is 4.98 Å². The molecule has 0 aliphatic rings. The maximum absolute atomic E-state index is 10.5. The molecule has 98 valence electrons. The number of non-ortho nitro benzene ring substituents is 1. The van der Waals surface area contributed by atoms with Gasteiger partial charge >= 0.3 is 0 Å². The van der Waals surface area contributed by atoms with Crippen LogP contribution < -0.4 is 10.1 Å². The van der Waals surface area contributed by atoms with Gasteiger partial charge in [0.1, 0.15) is 0 Å². The van der Waals surface area contributed by atoms with Crippen molar-refractivity contribution >= 4 is 11.5 Å². The molecule has 0 aliphatic carbocycles. The number of nitrogens with zero attached hydrogens (tertiary/aromatic N) is 2. The van der Waals surface area contributed by atoms with Crippen molar-refractivity contribution in [2.24, 2.45) is 0 Å². The second kappa shape index (κ2) is 5.81. The van der Waals surface area contributed by atoms with Gasteiger partial charge < -0.3 is 10.1 Å². The number of hydrogen-bond donors (Lipinski definition) is 1. The van der Waals surface area contributed by atoms with Crippen molar-refractivity contribution in [2.45, 2.75) is 6.54 Å². The first kappa shape index (κ1) is 12.8. The van der Waals surface area contributed by atoms with Gasteiger partial charge in [-0.3, -0.25) is 10.1 Å². The van der Waals surface area contributed by atoms with E-state index in [2.05, 4.69) is 10.3 Å². The van der Waals surface area contributed by atoms with Gasteiger partial charge in [-0.05, 0) is 17.7 Å². The number of aromatic nitrogens is 1. The van der Waals surface area contributed by atoms with Crippen molar-refractivity contribution in [3.05, 3.63) is 58.3 Å². The van der Waals surface area contributed by atoms with E-state index in [9.17, 15) is 10.1 Å². The summed E-state index contributed by atoms with van der Waals surface area (Å²) in [6, 6.07) is 9.97. The van der Waals surface area contributed by atoms with E-state index < -0.39 is 4.92 Å². The summed E-state index contributed by atoms with van der Waals surface area (Å²) in [6.45, 7) is 0.519. The summed E-state index contributed by atoms with van der Waals surface area (Å²) in [5, 5.41) is 13.7. The van der Waals surface area contributed by atoms with Crippen LogP contribution in [0.2, 0.25) is 0 Å². The predicted molar refractivity (Wildman–Crippen MR) is 71.2 cm³/mol. The number of nitrogens with one attached hydrogen (secondary N) is 1. The highest BCUT2D eigenvalue weighted by molar-refractivity contribution is 5.49. The van der Waals surface area contributed by atoms with Gasteiger partial charge in [-0.1, -0.05) is 12.1 Å². The van der Waals surface area contributed by atoms with Crippen LogP contribution in [0.1, 0.15) is 5.56 Å². The highest BCUT2D eigenvalue weighted by Gasteiger charge is 2.05. The zero-order valence-electron chi connectivity index (χ0n) is 10.4. The molecule has 0 aliphatic heterocycles. The molecule has 0 saturated heterocycles. The van der Waals surface area contributed by atoms with Crippen LogP contribution >= 0.6 is 0 Å². The summed E-state index contributed by atoms with van der Waals surface area (Å²) < 4.78 is 5.17. The molecule has 0 saturated carbocycles. The Kier molecular flexibility index (Phi) is 3.92. The second-order valence-corrected chi connectivity index (χ2v) is 3.83. The van der Waals surface area contributed by atoms with E-state index in [-0.39, 0.29) is 5.69 Å². The van der Waals surface area contributed by atoms with Gasteiger partial charge in [0.2, 0.25) is 0 Å². The Hall–Kier alpha value is -2.63. The number of nitro groups is 1. The normalized spacial score (nSPS) is 9.95. The molecule has 0 unspecified atom stereocenters. The number of methoxy groups -OCH3 is 1. The van der Waals surface area contributed by atoms with Gasteiger partial charge in [-0.15, -0.1) is 0 Å². The molecule has 0 fully saturated rings. The summed E-state index contributed by atoms with van der Waals surface area (Å²) in [5.41, 5.74) is 1.01. The lowest BCUT2D eigenvalue weighted by Crippen LogP contribution is -2.03. The molecule has 2 aromatic rings. The van der Waals surface area contributed by atoms with E-state index in [0.29, 0.717) is 18.1 Å². The lowest BCUT2D eigenvalue weighted by Gasteiger charge is -2.09. The zero-order valence-corrected chi connectivity index (χ0v) is 10.4. The topological polar surface area (TPSA) is 77.3 Å². The fourth-order valence-corrected chi connectivity index (χ4v) is 1.61. The molecule has 2 rings (SSSR count). The number of ether oxygens (including phenoxy) is 1. The zero-order chi connectivity index (χ0) is 13.7. The van der Waals surface area contributed by atoms with Crippen LogP contribution in [0.5, 0.6) is 5.75 Å². The third kappa shape index (κ3) is 3.19. The average Bonchev–Trinajstić information content (AvgIpc) is 2.45. The number of benzene rings is 1. The van der Waals surface area contributed by atoms with E-state index in [1.165, 1.54) is 12.1 Å². The molecular weight excluding hydrogens is 246 g/mol. The molecule has 1 aromatic carbocycles. The molecule has 6 heteroatoms. The van der Waals surface area contributed by atoms with Gasteiger partial charge in [0.05, 0.1) is 12.0 Å². The van der Waals surface area contributed by atoms with Crippen LogP contribution in [0.25, 0.3) is 0 Å². The maximum Gasteiger partial charge on any atom is 0.269 e. The highest BCUT2D eigenvalue weighted by atomic mass is 16.6. The molecule has 1 aromatic heterocycles. The van der Waals surface area contributed by atoms with Crippen LogP contribution in [0.15, 0.2) is 42.6 Å². The standard InChI is InChI=1S/C13H13N3O3/c1-19-12-3-2-8-14-13(12)15-9-10-4-6-11(7-5-10)16(17)18/h2-8H,9H2,1H3,(H,14,15). The molecular formula is C13H13N3O3. The molecule has 0 radical (unpaired) electrons. The first-order valence-electron chi connectivity index (χ1n) is 5.67. The first-order valence-corrected chi connectivity index (χ1v) is 5.67. The molecule has 6 nitrogen and oxygen atoms in total. The molecule has 0 atom stereocenters. The monoisotopic (exact) mass is 259 g/mol. The van der Waals surface area contributed by atoms with Crippen molar-refractivity contribution in [3.63, 3.8) is 0 Å². The lowest BCUT2D eigenvalue weighted by atomic mass is 10.2. The predicted octanol–water partition coefficient (Wildman–Crippen LogP) is 2.61. The summed E-state index contributed by atoms with van der Waals surface area (Å²) in [5.74, 6) is 1.30. The Morgan fingerprint density at radius 2 is 2.05 bits per heavy atom. The van der Waals surface area contributed by atoms with Crippen LogP contribution in [0, 0.1) is 10.1 Å². The molecule has 0 amide bonds. The third-order valence-corrected chi connectivity index (χ3v) is 2.60. The van der Waals surface area contributed by atoms with Gasteiger partial charge in [0.25, 0.3) is 5.69 Å². The lowest BCUT2D eigenvalue weighted by molar-refractivity contribution is -0.384. The average molecular weight is 259 g/mol. The summed E-state index contributed by atoms with van der Waals surface area (Å²) >= 11 is 0. The first-order chi connectivity index (χ1) is 9.20. The van der Waals surface area contributed by atoms with Crippen LogP contribution in [0.3, 0.4) is 0 Å². The quantitative estimate of drug-likeness (QED) is 0.659. The molecule has 0 bridgehead atoms. The van der Waals surface area contributed by atoms with Crippen molar-refractivity contribution in [3.8, 4) is 5.75 Å². The van der Waals surface area contributed by atoms with Crippen LogP contribution in [0.4, 0.5) is 11.5 Å². The molecule has 0 spiro atoms. The van der Waals surface area contributed by atoms with Gasteiger partial charge in [0.15, 0.2) is 11.6 Å². The Morgan fingerprint density at radius 3 is 2.68 bits per heavy atom. The fourth-order valence-electron chi connectivity index (χ4n) is 1.61. The third-order valence-electron chi connectivity index (χ3n) is 2.60. The minimum Gasteiger partial charge on any atom is -0.493 e. The Morgan fingerprint density at radius 1 is 1.32 bits per heavy atom. The Balaban J connectivity index is 2.04. The number of rotatable bonds is 5. The van der Waals surface area contributed by atoms with Crippen molar-refractivity contribution in [1.82, 2.24) is 4.98 Å². The number of hydrogen-bond acceptors (Lipinski definition) is 5. The Bertz CT molecular complexity index is 570. The minimum absolute atomic E-state index is 0.0826. The van der Waals surface area contributed by atoms with E-state index in [1.54, 1.807) is 31.5 Å². The van der Waals surface area contributed by atoms with Gasteiger partial charge in [0, 0.05) is 24.9 Å². The second-order valence-electron chi connectivity index (χ2n) is 3.83. The summed E-state index contributed by atoms with van der Waals surface area (Å²) in [6.07, 6.45) is 1.67.